The molecule has 1 rings (SSSR count). The zero-order chi connectivity index (χ0) is 12.3. The molecule has 0 aliphatic rings. The Morgan fingerprint density at radius 1 is 1.62 bits per heavy atom. The van der Waals surface area contributed by atoms with Crippen molar-refractivity contribution in [2.24, 2.45) is 0 Å². The van der Waals surface area contributed by atoms with E-state index in [9.17, 15) is 13.6 Å². The number of rotatable bonds is 3. The lowest BCUT2D eigenvalue weighted by Gasteiger charge is -2.09. The van der Waals surface area contributed by atoms with Gasteiger partial charge in [-0.15, -0.1) is 0 Å². The van der Waals surface area contributed by atoms with E-state index in [0.717, 1.165) is 0 Å². The zero-order valence-electron chi connectivity index (χ0n) is 8.76. The maximum absolute atomic E-state index is 12.6. The van der Waals surface area contributed by atoms with Gasteiger partial charge in [-0.3, -0.25) is 9.78 Å². The largest absolute Gasteiger partial charge is 0.469 e. The molecule has 0 N–H and O–H groups in total. The number of hydrogen-bond donors (Lipinski definition) is 0. The van der Waals surface area contributed by atoms with Crippen LogP contribution in [0.2, 0.25) is 0 Å². The molecule has 1 aromatic heterocycles. The molecule has 16 heavy (non-hydrogen) atoms. The number of hydrogen-bond acceptors (Lipinski definition) is 3. The van der Waals surface area contributed by atoms with Crippen LogP contribution in [-0.2, 0) is 16.0 Å². The van der Waals surface area contributed by atoms with E-state index >= 15 is 0 Å². The predicted octanol–water partition coefficient (Wildman–Crippen LogP) is 2.81. The minimum Gasteiger partial charge on any atom is -0.469 e. The van der Waals surface area contributed by atoms with Gasteiger partial charge in [-0.05, 0) is 34.5 Å². The van der Waals surface area contributed by atoms with E-state index in [1.54, 1.807) is 13.0 Å². The second kappa shape index (κ2) is 5.34. The summed E-state index contributed by atoms with van der Waals surface area (Å²) in [7, 11) is 1.25. The van der Waals surface area contributed by atoms with Crippen molar-refractivity contribution in [1.29, 1.82) is 0 Å². The van der Waals surface area contributed by atoms with Crippen molar-refractivity contribution >= 4 is 21.9 Å². The highest BCUT2D eigenvalue weighted by molar-refractivity contribution is 9.10. The summed E-state index contributed by atoms with van der Waals surface area (Å²) < 4.78 is 29.8. The van der Waals surface area contributed by atoms with Gasteiger partial charge in [0.2, 0.25) is 0 Å². The van der Waals surface area contributed by atoms with Crippen LogP contribution in [0.4, 0.5) is 8.78 Å². The number of aryl methyl sites for hydroxylation is 1. The van der Waals surface area contributed by atoms with Crippen molar-refractivity contribution in [3.05, 3.63) is 27.5 Å². The summed E-state index contributed by atoms with van der Waals surface area (Å²) in [5, 5.41) is 0. The molecular weight excluding hydrogens is 284 g/mol. The molecule has 3 nitrogen and oxygen atoms in total. The number of halogens is 3. The molecule has 0 atom stereocenters. The zero-order valence-corrected chi connectivity index (χ0v) is 10.3. The monoisotopic (exact) mass is 293 g/mol. The average molecular weight is 294 g/mol. The van der Waals surface area contributed by atoms with Crippen molar-refractivity contribution in [2.75, 3.05) is 7.11 Å². The Labute approximate surface area is 99.9 Å². The molecule has 0 bridgehead atoms. The molecule has 0 radical (unpaired) electrons. The quantitative estimate of drug-likeness (QED) is 0.805. The smallest absolute Gasteiger partial charge is 0.310 e. The van der Waals surface area contributed by atoms with E-state index in [2.05, 4.69) is 25.7 Å². The molecule has 0 aliphatic heterocycles. The summed E-state index contributed by atoms with van der Waals surface area (Å²) in [4.78, 5) is 14.8. The molecule has 1 aromatic rings. The molecule has 1 heterocycles. The lowest BCUT2D eigenvalue weighted by molar-refractivity contribution is -0.139. The van der Waals surface area contributed by atoms with E-state index in [-0.39, 0.29) is 16.6 Å². The van der Waals surface area contributed by atoms with Crippen LogP contribution in [0, 0.1) is 6.92 Å². The molecule has 6 heteroatoms. The van der Waals surface area contributed by atoms with Crippen molar-refractivity contribution < 1.29 is 18.3 Å². The Morgan fingerprint density at radius 2 is 2.25 bits per heavy atom. The van der Waals surface area contributed by atoms with E-state index in [0.29, 0.717) is 11.3 Å². The third-order valence-corrected chi connectivity index (χ3v) is 2.87. The summed E-state index contributed by atoms with van der Waals surface area (Å²) in [6.07, 6.45) is -2.73. The molecule has 0 fully saturated rings. The Bertz CT molecular complexity index is 410. The summed E-state index contributed by atoms with van der Waals surface area (Å²) in [6.45, 7) is 1.60. The number of aromatic nitrogens is 1. The minimum atomic E-state index is -2.68. The second-order valence-corrected chi connectivity index (χ2v) is 3.97. The van der Waals surface area contributed by atoms with Gasteiger partial charge >= 0.3 is 5.97 Å². The van der Waals surface area contributed by atoms with Gasteiger partial charge in [0, 0.05) is 10.2 Å². The Balaban J connectivity index is 3.14. The normalized spacial score (nSPS) is 10.6. The number of nitrogens with zero attached hydrogens (tertiary/aromatic N) is 1. The van der Waals surface area contributed by atoms with Crippen LogP contribution in [0.5, 0.6) is 0 Å². The van der Waals surface area contributed by atoms with Crippen molar-refractivity contribution in [2.45, 2.75) is 19.8 Å². The number of carbonyl (C=O) groups excluding carboxylic acids is 1. The maximum Gasteiger partial charge on any atom is 0.310 e. The van der Waals surface area contributed by atoms with Crippen molar-refractivity contribution in [3.63, 3.8) is 0 Å². The molecule has 0 aromatic carbocycles. The van der Waals surface area contributed by atoms with Crippen LogP contribution < -0.4 is 0 Å². The number of methoxy groups -OCH3 is 1. The van der Waals surface area contributed by atoms with E-state index < -0.39 is 12.4 Å². The van der Waals surface area contributed by atoms with Gasteiger partial charge < -0.3 is 4.74 Å². The first-order valence-corrected chi connectivity index (χ1v) is 5.26. The van der Waals surface area contributed by atoms with Crippen molar-refractivity contribution in [3.8, 4) is 0 Å². The lowest BCUT2D eigenvalue weighted by Crippen LogP contribution is -2.07. The third kappa shape index (κ3) is 2.98. The molecule has 0 unspecified atom stereocenters. The average Bonchev–Trinajstić information content (AvgIpc) is 2.22. The topological polar surface area (TPSA) is 39.2 Å². The number of pyridine rings is 1. The Hall–Kier alpha value is -1.04. The summed E-state index contributed by atoms with van der Waals surface area (Å²) in [5.41, 5.74) is 0.547. The van der Waals surface area contributed by atoms with Gasteiger partial charge in [0.05, 0.1) is 13.5 Å². The van der Waals surface area contributed by atoms with Gasteiger partial charge in [0.1, 0.15) is 5.69 Å². The van der Waals surface area contributed by atoms with Gasteiger partial charge in [0.15, 0.2) is 0 Å². The van der Waals surface area contributed by atoms with Crippen molar-refractivity contribution in [1.82, 2.24) is 4.98 Å². The summed E-state index contributed by atoms with van der Waals surface area (Å²) >= 11 is 3.02. The SMILES string of the molecule is COC(=O)Cc1cc(C)nc(C(F)F)c1Br. The number of esters is 1. The van der Waals surface area contributed by atoms with E-state index in [1.165, 1.54) is 7.11 Å². The van der Waals surface area contributed by atoms with Crippen LogP contribution >= 0.6 is 15.9 Å². The first-order chi connectivity index (χ1) is 7.45. The number of ether oxygens (including phenoxy) is 1. The van der Waals surface area contributed by atoms with Crippen LogP contribution in [0.15, 0.2) is 10.5 Å². The highest BCUT2D eigenvalue weighted by Crippen LogP contribution is 2.29. The van der Waals surface area contributed by atoms with Crippen LogP contribution in [0.3, 0.4) is 0 Å². The predicted molar refractivity (Wildman–Crippen MR) is 57.4 cm³/mol. The number of carbonyl (C=O) groups is 1. The van der Waals surface area contributed by atoms with Crippen LogP contribution in [-0.4, -0.2) is 18.1 Å². The fraction of sp³-hybridized carbons (Fsp3) is 0.400. The highest BCUT2D eigenvalue weighted by atomic mass is 79.9. The van der Waals surface area contributed by atoms with Crippen LogP contribution in [0.25, 0.3) is 0 Å². The molecule has 0 aliphatic carbocycles. The fourth-order valence-electron chi connectivity index (χ4n) is 1.25. The van der Waals surface area contributed by atoms with E-state index in [1.807, 2.05) is 0 Å². The van der Waals surface area contributed by atoms with Crippen LogP contribution in [0.1, 0.15) is 23.4 Å². The first kappa shape index (κ1) is 13.0. The molecular formula is C10H10BrF2NO2. The summed E-state index contributed by atoms with van der Waals surface area (Å²) in [6, 6.07) is 1.58. The molecule has 88 valence electrons. The number of alkyl halides is 2. The van der Waals surface area contributed by atoms with Gasteiger partial charge in [0.25, 0.3) is 6.43 Å². The van der Waals surface area contributed by atoms with Gasteiger partial charge in [-0.1, -0.05) is 0 Å². The molecule has 0 amide bonds. The third-order valence-electron chi connectivity index (χ3n) is 1.96. The molecule has 0 saturated carbocycles. The Morgan fingerprint density at radius 3 is 2.75 bits per heavy atom. The first-order valence-electron chi connectivity index (χ1n) is 4.46. The molecule has 0 spiro atoms. The maximum atomic E-state index is 12.6. The summed E-state index contributed by atoms with van der Waals surface area (Å²) in [5.74, 6) is -0.480. The second-order valence-electron chi connectivity index (χ2n) is 3.18. The minimum absolute atomic E-state index is 0.0554. The fourth-order valence-corrected chi connectivity index (χ4v) is 1.77. The Kier molecular flexibility index (Phi) is 4.35. The van der Waals surface area contributed by atoms with E-state index in [4.69, 9.17) is 0 Å². The molecule has 0 saturated heterocycles. The van der Waals surface area contributed by atoms with Gasteiger partial charge in [-0.25, -0.2) is 8.78 Å². The standard InChI is InChI=1S/C10H10BrF2NO2/c1-5-3-6(4-7(15)16-2)8(11)9(14-5)10(12)13/h3,10H,4H2,1-2H3. The lowest BCUT2D eigenvalue weighted by atomic mass is 10.1. The van der Waals surface area contributed by atoms with Gasteiger partial charge in [-0.2, -0.15) is 0 Å². The highest BCUT2D eigenvalue weighted by Gasteiger charge is 2.18.